The van der Waals surface area contributed by atoms with Crippen LogP contribution in [0.3, 0.4) is 0 Å². The summed E-state index contributed by atoms with van der Waals surface area (Å²) in [5, 5.41) is 5.90. The minimum absolute atomic E-state index is 0.0695. The predicted octanol–water partition coefficient (Wildman–Crippen LogP) is 4.97. The highest BCUT2D eigenvalue weighted by Crippen LogP contribution is 2.18. The van der Waals surface area contributed by atoms with Crippen molar-refractivity contribution in [2.24, 2.45) is 0 Å². The maximum atomic E-state index is 12.8. The molecule has 164 valence electrons. The molecule has 0 fully saturated rings. The lowest BCUT2D eigenvalue weighted by molar-refractivity contribution is -0.114. The summed E-state index contributed by atoms with van der Waals surface area (Å²) in [4.78, 5) is 26.7. The van der Waals surface area contributed by atoms with E-state index in [1.165, 1.54) is 0 Å². The Morgan fingerprint density at radius 1 is 0.938 bits per heavy atom. The summed E-state index contributed by atoms with van der Waals surface area (Å²) in [6.45, 7) is 6.22. The Morgan fingerprint density at radius 3 is 2.34 bits per heavy atom. The molecule has 0 spiro atoms. The van der Waals surface area contributed by atoms with Crippen LogP contribution in [0.25, 0.3) is 0 Å². The Bertz CT molecular complexity index is 1080. The molecule has 0 aliphatic carbocycles. The van der Waals surface area contributed by atoms with Gasteiger partial charge in [0.2, 0.25) is 5.91 Å². The summed E-state index contributed by atoms with van der Waals surface area (Å²) in [6.07, 6.45) is 0. The number of ether oxygens (including phenoxy) is 1. The first kappa shape index (κ1) is 22.6. The topological polar surface area (TPSA) is 70.7 Å². The van der Waals surface area contributed by atoms with E-state index in [2.05, 4.69) is 17.2 Å². The van der Waals surface area contributed by atoms with E-state index < -0.39 is 0 Å². The van der Waals surface area contributed by atoms with E-state index in [0.717, 1.165) is 11.3 Å². The lowest BCUT2D eigenvalue weighted by atomic mass is 10.1. The number of nitrogens with one attached hydrogen (secondary N) is 2. The number of amides is 2. The van der Waals surface area contributed by atoms with Gasteiger partial charge in [-0.05, 0) is 67.1 Å². The van der Waals surface area contributed by atoms with Crippen molar-refractivity contribution in [2.75, 3.05) is 35.7 Å². The van der Waals surface area contributed by atoms with Gasteiger partial charge in [-0.25, -0.2) is 0 Å². The van der Waals surface area contributed by atoms with Gasteiger partial charge in [-0.1, -0.05) is 30.8 Å². The van der Waals surface area contributed by atoms with Crippen LogP contribution in [-0.2, 0) is 4.79 Å². The van der Waals surface area contributed by atoms with Crippen LogP contribution < -0.4 is 20.3 Å². The summed E-state index contributed by atoms with van der Waals surface area (Å²) < 4.78 is 5.55. The average molecular weight is 430 g/mol. The minimum atomic E-state index is -0.196. The SMILES string of the molecule is C=C(C)COc1ccc(NC(=O)CNc2cccc(C(=O)N(C)c3ccccc3)c2)cc1. The fraction of sp³-hybridized carbons (Fsp3) is 0.154. The monoisotopic (exact) mass is 429 g/mol. The molecule has 0 unspecified atom stereocenters. The van der Waals surface area contributed by atoms with Gasteiger partial charge in [-0.3, -0.25) is 9.59 Å². The molecule has 0 saturated heterocycles. The van der Waals surface area contributed by atoms with Crippen LogP contribution in [0.4, 0.5) is 17.1 Å². The van der Waals surface area contributed by atoms with Gasteiger partial charge in [-0.15, -0.1) is 0 Å². The Morgan fingerprint density at radius 2 is 1.66 bits per heavy atom. The largest absolute Gasteiger partial charge is 0.489 e. The van der Waals surface area contributed by atoms with Crippen LogP contribution in [0.1, 0.15) is 17.3 Å². The quantitative estimate of drug-likeness (QED) is 0.471. The average Bonchev–Trinajstić information content (AvgIpc) is 2.82. The molecule has 3 aromatic carbocycles. The van der Waals surface area contributed by atoms with E-state index in [4.69, 9.17) is 4.74 Å². The first-order valence-electron chi connectivity index (χ1n) is 10.3. The van der Waals surface area contributed by atoms with Crippen molar-refractivity contribution >= 4 is 28.9 Å². The summed E-state index contributed by atoms with van der Waals surface area (Å²) in [7, 11) is 1.74. The summed E-state index contributed by atoms with van der Waals surface area (Å²) in [5.41, 5.74) is 3.65. The highest BCUT2D eigenvalue weighted by molar-refractivity contribution is 6.06. The van der Waals surface area contributed by atoms with E-state index in [0.29, 0.717) is 29.3 Å². The van der Waals surface area contributed by atoms with Gasteiger partial charge in [0.25, 0.3) is 5.91 Å². The van der Waals surface area contributed by atoms with Crippen LogP contribution in [0.5, 0.6) is 5.75 Å². The van der Waals surface area contributed by atoms with E-state index in [-0.39, 0.29) is 18.4 Å². The van der Waals surface area contributed by atoms with E-state index in [9.17, 15) is 9.59 Å². The number of anilines is 3. The Balaban J connectivity index is 1.54. The molecule has 0 aliphatic rings. The number of hydrogen-bond donors (Lipinski definition) is 2. The van der Waals surface area contributed by atoms with Crippen LogP contribution in [0.2, 0.25) is 0 Å². The summed E-state index contributed by atoms with van der Waals surface area (Å²) >= 11 is 0. The highest BCUT2D eigenvalue weighted by atomic mass is 16.5. The van der Waals surface area contributed by atoms with Crippen LogP contribution in [0, 0.1) is 0 Å². The lowest BCUT2D eigenvalue weighted by Gasteiger charge is -2.18. The maximum Gasteiger partial charge on any atom is 0.258 e. The molecule has 0 saturated carbocycles. The number of benzene rings is 3. The smallest absolute Gasteiger partial charge is 0.258 e. The van der Waals surface area contributed by atoms with Crippen molar-refractivity contribution in [1.82, 2.24) is 0 Å². The standard InChI is InChI=1S/C26H27N3O3/c1-19(2)18-32-24-14-12-21(13-15-24)28-25(30)17-27-22-9-7-8-20(16-22)26(31)29(3)23-10-5-4-6-11-23/h4-16,27H,1,17-18H2,2-3H3,(H,28,30). The van der Waals surface area contributed by atoms with Crippen molar-refractivity contribution in [3.05, 3.63) is 96.6 Å². The van der Waals surface area contributed by atoms with Crippen molar-refractivity contribution < 1.29 is 14.3 Å². The number of rotatable bonds is 9. The van der Waals surface area contributed by atoms with Crippen LogP contribution in [-0.4, -0.2) is 32.0 Å². The summed E-state index contributed by atoms with van der Waals surface area (Å²) in [6, 6.07) is 23.7. The zero-order valence-electron chi connectivity index (χ0n) is 18.3. The van der Waals surface area contributed by atoms with Gasteiger partial charge in [0.15, 0.2) is 0 Å². The number of hydrogen-bond acceptors (Lipinski definition) is 4. The van der Waals surface area contributed by atoms with Crippen molar-refractivity contribution in [2.45, 2.75) is 6.92 Å². The second-order valence-electron chi connectivity index (χ2n) is 7.45. The minimum Gasteiger partial charge on any atom is -0.489 e. The molecule has 3 rings (SSSR count). The molecule has 6 nitrogen and oxygen atoms in total. The molecule has 0 atom stereocenters. The van der Waals surface area contributed by atoms with E-state index >= 15 is 0 Å². The van der Waals surface area contributed by atoms with Crippen LogP contribution >= 0.6 is 0 Å². The predicted molar refractivity (Wildman–Crippen MR) is 129 cm³/mol. The number of nitrogens with zero attached hydrogens (tertiary/aromatic N) is 1. The molecule has 2 N–H and O–H groups in total. The van der Waals surface area contributed by atoms with Crippen molar-refractivity contribution in [3.63, 3.8) is 0 Å². The first-order valence-corrected chi connectivity index (χ1v) is 10.3. The second-order valence-corrected chi connectivity index (χ2v) is 7.45. The highest BCUT2D eigenvalue weighted by Gasteiger charge is 2.13. The third-order valence-corrected chi connectivity index (χ3v) is 4.63. The molecule has 0 radical (unpaired) electrons. The van der Waals surface area contributed by atoms with E-state index in [1.807, 2.05) is 43.3 Å². The van der Waals surface area contributed by atoms with Crippen molar-refractivity contribution in [1.29, 1.82) is 0 Å². The Kier molecular flexibility index (Phi) is 7.65. The maximum absolute atomic E-state index is 12.8. The number of carbonyl (C=O) groups is 2. The molecular formula is C26H27N3O3. The molecule has 32 heavy (non-hydrogen) atoms. The third-order valence-electron chi connectivity index (χ3n) is 4.63. The van der Waals surface area contributed by atoms with E-state index in [1.54, 1.807) is 54.4 Å². The Hall–Kier alpha value is -4.06. The van der Waals surface area contributed by atoms with Gasteiger partial charge in [0.1, 0.15) is 12.4 Å². The molecule has 3 aromatic rings. The fourth-order valence-corrected chi connectivity index (χ4v) is 2.95. The fourth-order valence-electron chi connectivity index (χ4n) is 2.95. The van der Waals surface area contributed by atoms with Gasteiger partial charge < -0.3 is 20.3 Å². The summed E-state index contributed by atoms with van der Waals surface area (Å²) in [5.74, 6) is 0.392. The zero-order valence-corrected chi connectivity index (χ0v) is 18.3. The van der Waals surface area contributed by atoms with Gasteiger partial charge in [0.05, 0.1) is 6.54 Å². The van der Waals surface area contributed by atoms with Gasteiger partial charge in [0, 0.05) is 29.7 Å². The second kappa shape index (κ2) is 10.8. The number of carbonyl (C=O) groups excluding carboxylic acids is 2. The number of para-hydroxylation sites is 1. The normalized spacial score (nSPS) is 10.2. The zero-order chi connectivity index (χ0) is 22.9. The molecular weight excluding hydrogens is 402 g/mol. The third kappa shape index (κ3) is 6.47. The molecule has 0 aliphatic heterocycles. The molecule has 0 aromatic heterocycles. The Labute approximate surface area is 188 Å². The lowest BCUT2D eigenvalue weighted by Crippen LogP contribution is -2.26. The van der Waals surface area contributed by atoms with Crippen molar-refractivity contribution in [3.8, 4) is 5.75 Å². The van der Waals surface area contributed by atoms with Crippen LogP contribution in [0.15, 0.2) is 91.0 Å². The first-order chi connectivity index (χ1) is 15.4. The van der Waals surface area contributed by atoms with Gasteiger partial charge in [-0.2, -0.15) is 0 Å². The molecule has 0 heterocycles. The molecule has 2 amide bonds. The molecule has 0 bridgehead atoms. The molecule has 6 heteroatoms. The van der Waals surface area contributed by atoms with Gasteiger partial charge >= 0.3 is 0 Å².